The minimum atomic E-state index is -0.761. The van der Waals surface area contributed by atoms with E-state index in [0.29, 0.717) is 22.4 Å². The number of amides is 2. The second-order valence-electron chi connectivity index (χ2n) is 6.27. The van der Waals surface area contributed by atoms with Gasteiger partial charge >= 0.3 is 0 Å². The average Bonchev–Trinajstić information content (AvgIpc) is 2.71. The number of para-hydroxylation sites is 2. The number of fused-ring (bicyclic) bond motifs is 1. The molecule has 140 valence electrons. The molecule has 0 saturated heterocycles. The van der Waals surface area contributed by atoms with Crippen molar-refractivity contribution in [1.29, 1.82) is 0 Å². The van der Waals surface area contributed by atoms with Crippen LogP contribution in [0.15, 0.2) is 77.3 Å². The Hall–Kier alpha value is -3.32. The quantitative estimate of drug-likeness (QED) is 0.576. The molecule has 3 aromatic carbocycles. The van der Waals surface area contributed by atoms with Crippen molar-refractivity contribution >= 4 is 33.4 Å². The molecule has 3 aromatic rings. The van der Waals surface area contributed by atoms with Crippen molar-refractivity contribution < 1.29 is 14.7 Å². The highest BCUT2D eigenvalue weighted by molar-refractivity contribution is 9.10. The van der Waals surface area contributed by atoms with Crippen molar-refractivity contribution in [3.8, 4) is 5.75 Å². The van der Waals surface area contributed by atoms with Crippen molar-refractivity contribution in [2.24, 2.45) is 0 Å². The number of phenolic OH excluding ortho intramolecular Hbond substituents is 1. The van der Waals surface area contributed by atoms with Gasteiger partial charge in [0, 0.05) is 21.3 Å². The van der Waals surface area contributed by atoms with Gasteiger partial charge in [-0.2, -0.15) is 0 Å². The fourth-order valence-electron chi connectivity index (χ4n) is 3.08. The van der Waals surface area contributed by atoms with Crippen molar-refractivity contribution in [2.75, 3.05) is 5.32 Å². The minimum absolute atomic E-state index is 0.0232. The van der Waals surface area contributed by atoms with E-state index in [9.17, 15) is 14.7 Å². The molecule has 6 nitrogen and oxygen atoms in total. The molecule has 1 aliphatic heterocycles. The lowest BCUT2D eigenvalue weighted by molar-refractivity contribution is 0.0488. The van der Waals surface area contributed by atoms with Crippen LogP contribution < -0.4 is 10.7 Å². The number of halogens is 1. The molecule has 0 aromatic heterocycles. The number of hydrogen-bond donors (Lipinski definition) is 3. The largest absolute Gasteiger partial charge is 0.508 e. The summed E-state index contributed by atoms with van der Waals surface area (Å²) in [6.45, 7) is 0. The predicted molar refractivity (Wildman–Crippen MR) is 109 cm³/mol. The SMILES string of the molecule is O=C(NN1C(=O)c2ccccc2N[C@H]1c1ccccc1O)c1ccc(Br)cc1. The van der Waals surface area contributed by atoms with Crippen LogP contribution in [0, 0.1) is 0 Å². The summed E-state index contributed by atoms with van der Waals surface area (Å²) >= 11 is 3.33. The van der Waals surface area contributed by atoms with E-state index in [1.807, 2.05) is 6.07 Å². The summed E-state index contributed by atoms with van der Waals surface area (Å²) < 4.78 is 0.848. The number of hydrogen-bond acceptors (Lipinski definition) is 4. The zero-order valence-electron chi connectivity index (χ0n) is 14.6. The highest BCUT2D eigenvalue weighted by atomic mass is 79.9. The highest BCUT2D eigenvalue weighted by Crippen LogP contribution is 2.35. The first-order valence-corrected chi connectivity index (χ1v) is 9.37. The van der Waals surface area contributed by atoms with Crippen LogP contribution in [-0.4, -0.2) is 21.9 Å². The summed E-state index contributed by atoms with van der Waals surface area (Å²) in [5.74, 6) is -0.773. The second-order valence-corrected chi connectivity index (χ2v) is 7.19. The molecule has 2 amide bonds. The summed E-state index contributed by atoms with van der Waals surface area (Å²) in [5.41, 5.74) is 4.63. The molecule has 7 heteroatoms. The van der Waals surface area contributed by atoms with E-state index in [1.54, 1.807) is 60.7 Å². The second kappa shape index (κ2) is 7.36. The number of carbonyl (C=O) groups is 2. The number of hydrazine groups is 1. The van der Waals surface area contributed by atoms with Crippen LogP contribution in [0.3, 0.4) is 0 Å². The average molecular weight is 438 g/mol. The van der Waals surface area contributed by atoms with Crippen molar-refractivity contribution in [1.82, 2.24) is 10.4 Å². The van der Waals surface area contributed by atoms with Gasteiger partial charge in [-0.3, -0.25) is 15.0 Å². The van der Waals surface area contributed by atoms with E-state index < -0.39 is 12.1 Å². The molecule has 0 bridgehead atoms. The first kappa shape index (κ1) is 18.1. The molecule has 0 spiro atoms. The summed E-state index contributed by atoms with van der Waals surface area (Å²) in [6, 6.07) is 20.6. The Morgan fingerprint density at radius 3 is 2.43 bits per heavy atom. The van der Waals surface area contributed by atoms with E-state index >= 15 is 0 Å². The number of aromatic hydroxyl groups is 1. The van der Waals surface area contributed by atoms with Crippen LogP contribution in [-0.2, 0) is 0 Å². The van der Waals surface area contributed by atoms with Crippen molar-refractivity contribution in [3.63, 3.8) is 0 Å². The molecule has 3 N–H and O–H groups in total. The number of anilines is 1. The van der Waals surface area contributed by atoms with Gasteiger partial charge in [-0.05, 0) is 42.5 Å². The van der Waals surface area contributed by atoms with E-state index in [2.05, 4.69) is 26.7 Å². The first-order chi connectivity index (χ1) is 13.5. The van der Waals surface area contributed by atoms with Gasteiger partial charge in [0.25, 0.3) is 11.8 Å². The Balaban J connectivity index is 1.72. The fraction of sp³-hybridized carbons (Fsp3) is 0.0476. The van der Waals surface area contributed by atoms with Gasteiger partial charge in [-0.25, -0.2) is 5.01 Å². The topological polar surface area (TPSA) is 81.7 Å². The number of nitrogens with zero attached hydrogens (tertiary/aromatic N) is 1. The van der Waals surface area contributed by atoms with E-state index in [4.69, 9.17) is 0 Å². The zero-order chi connectivity index (χ0) is 19.7. The summed E-state index contributed by atoms with van der Waals surface area (Å²) in [4.78, 5) is 25.8. The highest BCUT2D eigenvalue weighted by Gasteiger charge is 2.35. The third-order valence-corrected chi connectivity index (χ3v) is 5.02. The van der Waals surface area contributed by atoms with Crippen LogP contribution in [0.2, 0.25) is 0 Å². The number of carbonyl (C=O) groups excluding carboxylic acids is 2. The lowest BCUT2D eigenvalue weighted by Gasteiger charge is -2.37. The Kier molecular flexibility index (Phi) is 4.75. The molecule has 0 aliphatic carbocycles. The smallest absolute Gasteiger partial charge is 0.276 e. The summed E-state index contributed by atoms with van der Waals surface area (Å²) in [5, 5.41) is 14.7. The Bertz CT molecular complexity index is 1050. The number of benzene rings is 3. The van der Waals surface area contributed by atoms with Crippen molar-refractivity contribution in [2.45, 2.75) is 6.17 Å². The minimum Gasteiger partial charge on any atom is -0.508 e. The third kappa shape index (κ3) is 3.32. The maximum absolute atomic E-state index is 13.1. The van der Waals surface area contributed by atoms with Gasteiger partial charge in [0.15, 0.2) is 6.17 Å². The van der Waals surface area contributed by atoms with Crippen LogP contribution in [0.25, 0.3) is 0 Å². The van der Waals surface area contributed by atoms with Crippen molar-refractivity contribution in [3.05, 3.63) is 94.0 Å². The van der Waals surface area contributed by atoms with Gasteiger partial charge in [-0.15, -0.1) is 0 Å². The molecule has 0 saturated carbocycles. The monoisotopic (exact) mass is 437 g/mol. The van der Waals surface area contributed by atoms with Crippen LogP contribution >= 0.6 is 15.9 Å². The Labute approximate surface area is 169 Å². The van der Waals surface area contributed by atoms with Gasteiger partial charge in [0.2, 0.25) is 0 Å². The predicted octanol–water partition coefficient (Wildman–Crippen LogP) is 4.07. The standard InChI is InChI=1S/C21H16BrN3O3/c22-14-11-9-13(10-12-14)20(27)24-25-19(16-6-2-4-8-18(16)26)23-17-7-3-1-5-15(17)21(25)28/h1-12,19,23,26H,(H,24,27)/t19-/m1/s1. The molecular weight excluding hydrogens is 422 g/mol. The zero-order valence-corrected chi connectivity index (χ0v) is 16.2. The lowest BCUT2D eigenvalue weighted by atomic mass is 10.0. The lowest BCUT2D eigenvalue weighted by Crippen LogP contribution is -2.52. The molecule has 1 atom stereocenters. The first-order valence-electron chi connectivity index (χ1n) is 8.58. The van der Waals surface area contributed by atoms with Gasteiger partial charge < -0.3 is 10.4 Å². The third-order valence-electron chi connectivity index (χ3n) is 4.49. The number of nitrogens with one attached hydrogen (secondary N) is 2. The van der Waals surface area contributed by atoms with Gasteiger partial charge in [0.1, 0.15) is 5.75 Å². The van der Waals surface area contributed by atoms with Crippen LogP contribution in [0.5, 0.6) is 5.75 Å². The maximum Gasteiger partial charge on any atom is 0.276 e. The fourth-order valence-corrected chi connectivity index (χ4v) is 3.34. The molecule has 0 unspecified atom stereocenters. The molecule has 1 heterocycles. The molecule has 4 rings (SSSR count). The van der Waals surface area contributed by atoms with Gasteiger partial charge in [-0.1, -0.05) is 46.3 Å². The van der Waals surface area contributed by atoms with E-state index in [1.165, 1.54) is 11.1 Å². The van der Waals surface area contributed by atoms with Crippen LogP contribution in [0.4, 0.5) is 5.69 Å². The molecular formula is C21H16BrN3O3. The summed E-state index contributed by atoms with van der Waals surface area (Å²) in [7, 11) is 0. The maximum atomic E-state index is 13.1. The molecule has 0 fully saturated rings. The van der Waals surface area contributed by atoms with Crippen LogP contribution in [0.1, 0.15) is 32.4 Å². The summed E-state index contributed by atoms with van der Waals surface area (Å²) in [6.07, 6.45) is -0.761. The van der Waals surface area contributed by atoms with E-state index in [0.717, 1.165) is 4.47 Å². The Morgan fingerprint density at radius 2 is 1.68 bits per heavy atom. The van der Waals surface area contributed by atoms with E-state index in [-0.39, 0.29) is 11.7 Å². The normalized spacial score (nSPS) is 15.5. The number of phenols is 1. The Morgan fingerprint density at radius 1 is 1.00 bits per heavy atom. The van der Waals surface area contributed by atoms with Gasteiger partial charge in [0.05, 0.1) is 5.56 Å². The molecule has 28 heavy (non-hydrogen) atoms. The molecule has 0 radical (unpaired) electrons. The number of rotatable bonds is 3. The molecule has 1 aliphatic rings.